The molecule has 1 nitrogen and oxygen atoms in total. The maximum atomic E-state index is 11.0. The van der Waals surface area contributed by atoms with Crippen LogP contribution in [0.1, 0.15) is 12.0 Å². The molecule has 1 aromatic rings. The normalized spacial score (nSPS) is 9.75. The van der Waals surface area contributed by atoms with E-state index in [1.54, 1.807) is 0 Å². The van der Waals surface area contributed by atoms with Crippen LogP contribution in [0.5, 0.6) is 0 Å². The fourth-order valence-electron chi connectivity index (χ4n) is 1.03. The molecule has 0 spiro atoms. The van der Waals surface area contributed by atoms with Gasteiger partial charge in [0.2, 0.25) is 0 Å². The van der Waals surface area contributed by atoms with Crippen molar-refractivity contribution in [3.05, 3.63) is 35.9 Å². The molecule has 1 unspecified atom stereocenters. The highest BCUT2D eigenvalue weighted by atomic mass is 31.0. The fourth-order valence-corrected chi connectivity index (χ4v) is 1.23. The van der Waals surface area contributed by atoms with Crippen LogP contribution in [0.3, 0.4) is 0 Å². The standard InChI is InChI=1S/C10H13OP/c11-10(8-12)7-6-9-4-2-1-3-5-9/h1-5H,6-8,12H2. The molecule has 12 heavy (non-hydrogen) atoms. The van der Waals surface area contributed by atoms with E-state index < -0.39 is 0 Å². The van der Waals surface area contributed by atoms with E-state index in [2.05, 4.69) is 21.4 Å². The Morgan fingerprint density at radius 3 is 2.50 bits per heavy atom. The van der Waals surface area contributed by atoms with Crippen LogP contribution in [0.2, 0.25) is 0 Å². The molecule has 2 heteroatoms. The van der Waals surface area contributed by atoms with Crippen LogP contribution < -0.4 is 0 Å². The van der Waals surface area contributed by atoms with Gasteiger partial charge in [0.15, 0.2) is 0 Å². The van der Waals surface area contributed by atoms with E-state index >= 15 is 0 Å². The van der Waals surface area contributed by atoms with Gasteiger partial charge >= 0.3 is 0 Å². The van der Waals surface area contributed by atoms with Crippen LogP contribution in [-0.4, -0.2) is 11.9 Å². The van der Waals surface area contributed by atoms with Gasteiger partial charge in [-0.2, -0.15) is 0 Å². The summed E-state index contributed by atoms with van der Waals surface area (Å²) in [5, 5.41) is 0. The quantitative estimate of drug-likeness (QED) is 0.648. The van der Waals surface area contributed by atoms with E-state index in [9.17, 15) is 4.79 Å². The van der Waals surface area contributed by atoms with Crippen molar-refractivity contribution in [1.82, 2.24) is 0 Å². The Kier molecular flexibility index (Phi) is 3.96. The van der Waals surface area contributed by atoms with E-state index in [1.807, 2.05) is 18.2 Å². The van der Waals surface area contributed by atoms with Crippen LogP contribution >= 0.6 is 9.24 Å². The van der Waals surface area contributed by atoms with Crippen molar-refractivity contribution in [3.8, 4) is 0 Å². The first-order valence-corrected chi connectivity index (χ1v) is 4.90. The molecule has 0 fully saturated rings. The van der Waals surface area contributed by atoms with E-state index in [0.29, 0.717) is 18.4 Å². The van der Waals surface area contributed by atoms with Gasteiger partial charge in [-0.25, -0.2) is 0 Å². The van der Waals surface area contributed by atoms with Gasteiger partial charge in [0.1, 0.15) is 5.78 Å². The molecule has 0 aromatic heterocycles. The average molecular weight is 180 g/mol. The lowest BCUT2D eigenvalue weighted by molar-refractivity contribution is -0.116. The molecule has 0 aliphatic heterocycles. The lowest BCUT2D eigenvalue weighted by Gasteiger charge is -1.98. The molecule has 0 bridgehead atoms. The van der Waals surface area contributed by atoms with Crippen molar-refractivity contribution in [2.75, 3.05) is 6.16 Å². The first-order valence-electron chi connectivity index (χ1n) is 4.08. The lowest BCUT2D eigenvalue weighted by atomic mass is 10.1. The molecule has 0 amide bonds. The second-order valence-electron chi connectivity index (χ2n) is 2.73. The van der Waals surface area contributed by atoms with Gasteiger partial charge < -0.3 is 0 Å². The molecule has 0 aliphatic rings. The molecule has 1 rings (SSSR count). The predicted molar refractivity (Wildman–Crippen MR) is 54.3 cm³/mol. The maximum Gasteiger partial charge on any atom is 0.136 e. The molecular weight excluding hydrogens is 167 g/mol. The van der Waals surface area contributed by atoms with E-state index in [-0.39, 0.29) is 0 Å². The number of carbonyl (C=O) groups is 1. The average Bonchev–Trinajstić information content (AvgIpc) is 2.16. The second kappa shape index (κ2) is 5.05. The Hall–Kier alpha value is -0.680. The highest BCUT2D eigenvalue weighted by Crippen LogP contribution is 2.03. The number of benzene rings is 1. The van der Waals surface area contributed by atoms with Gasteiger partial charge in [0.25, 0.3) is 0 Å². The zero-order valence-corrected chi connectivity index (χ0v) is 8.15. The van der Waals surface area contributed by atoms with Crippen molar-refractivity contribution in [3.63, 3.8) is 0 Å². The van der Waals surface area contributed by atoms with E-state index in [4.69, 9.17) is 0 Å². The van der Waals surface area contributed by atoms with Gasteiger partial charge in [0.05, 0.1) is 0 Å². The minimum absolute atomic E-state index is 0.309. The zero-order valence-electron chi connectivity index (χ0n) is 6.99. The SMILES string of the molecule is O=C(CP)CCc1ccccc1. The molecule has 64 valence electrons. The summed E-state index contributed by atoms with van der Waals surface area (Å²) in [6.07, 6.45) is 2.11. The Balaban J connectivity index is 2.38. The molecule has 0 aliphatic carbocycles. The Labute approximate surface area is 75.4 Å². The topological polar surface area (TPSA) is 17.1 Å². The van der Waals surface area contributed by atoms with Crippen LogP contribution in [0.15, 0.2) is 30.3 Å². The Morgan fingerprint density at radius 1 is 1.25 bits per heavy atom. The highest BCUT2D eigenvalue weighted by molar-refractivity contribution is 7.18. The monoisotopic (exact) mass is 180 g/mol. The van der Waals surface area contributed by atoms with Crippen LogP contribution in [-0.2, 0) is 11.2 Å². The summed E-state index contributed by atoms with van der Waals surface area (Å²) in [6.45, 7) is 0. The fraction of sp³-hybridized carbons (Fsp3) is 0.300. The second-order valence-corrected chi connectivity index (χ2v) is 3.14. The minimum atomic E-state index is 0.309. The summed E-state index contributed by atoms with van der Waals surface area (Å²) in [6, 6.07) is 10.1. The predicted octanol–water partition coefficient (Wildman–Crippen LogP) is 2.06. The number of hydrogen-bond acceptors (Lipinski definition) is 1. The van der Waals surface area contributed by atoms with Gasteiger partial charge in [-0.3, -0.25) is 4.79 Å². The Bertz CT molecular complexity index is 243. The van der Waals surface area contributed by atoms with E-state index in [1.165, 1.54) is 5.56 Å². The summed E-state index contributed by atoms with van der Waals surface area (Å²) in [5.74, 6) is 0.309. The van der Waals surface area contributed by atoms with Gasteiger partial charge in [-0.1, -0.05) is 30.3 Å². The minimum Gasteiger partial charge on any atom is -0.299 e. The first-order chi connectivity index (χ1) is 5.83. The molecular formula is C10H13OP. The number of aryl methyl sites for hydroxylation is 1. The van der Waals surface area contributed by atoms with Crippen molar-refractivity contribution in [1.29, 1.82) is 0 Å². The third-order valence-corrected chi connectivity index (χ3v) is 2.22. The molecule has 1 atom stereocenters. The summed E-state index contributed by atoms with van der Waals surface area (Å²) in [4.78, 5) is 11.0. The molecule has 0 heterocycles. The van der Waals surface area contributed by atoms with Gasteiger partial charge in [-0.05, 0) is 12.0 Å². The third kappa shape index (κ3) is 3.15. The van der Waals surface area contributed by atoms with Gasteiger partial charge in [-0.15, -0.1) is 9.24 Å². The first kappa shape index (κ1) is 9.41. The number of ketones is 1. The number of Topliss-reactive ketones (excluding diaryl/α,β-unsaturated/α-hetero) is 1. The maximum absolute atomic E-state index is 11.0. The largest absolute Gasteiger partial charge is 0.299 e. The molecule has 0 radical (unpaired) electrons. The smallest absolute Gasteiger partial charge is 0.136 e. The summed E-state index contributed by atoms with van der Waals surface area (Å²) in [5.41, 5.74) is 1.24. The molecule has 0 saturated heterocycles. The van der Waals surface area contributed by atoms with Crippen molar-refractivity contribution < 1.29 is 4.79 Å². The summed E-state index contributed by atoms with van der Waals surface area (Å²) < 4.78 is 0. The molecule has 0 saturated carbocycles. The van der Waals surface area contributed by atoms with Crippen molar-refractivity contribution >= 4 is 15.0 Å². The van der Waals surface area contributed by atoms with Crippen molar-refractivity contribution in [2.45, 2.75) is 12.8 Å². The summed E-state index contributed by atoms with van der Waals surface area (Å²) >= 11 is 0. The van der Waals surface area contributed by atoms with Gasteiger partial charge in [0, 0.05) is 12.6 Å². The Morgan fingerprint density at radius 2 is 1.92 bits per heavy atom. The number of rotatable bonds is 4. The van der Waals surface area contributed by atoms with E-state index in [0.717, 1.165) is 6.42 Å². The molecule has 1 aromatic carbocycles. The number of carbonyl (C=O) groups excluding carboxylic acids is 1. The zero-order chi connectivity index (χ0) is 8.81. The number of hydrogen-bond donors (Lipinski definition) is 0. The summed E-state index contributed by atoms with van der Waals surface area (Å²) in [7, 11) is 2.46. The van der Waals surface area contributed by atoms with Crippen LogP contribution in [0.25, 0.3) is 0 Å². The highest BCUT2D eigenvalue weighted by Gasteiger charge is 1.98. The molecule has 0 N–H and O–H groups in total. The van der Waals surface area contributed by atoms with Crippen LogP contribution in [0, 0.1) is 0 Å². The van der Waals surface area contributed by atoms with Crippen molar-refractivity contribution in [2.24, 2.45) is 0 Å². The van der Waals surface area contributed by atoms with Crippen LogP contribution in [0.4, 0.5) is 0 Å². The lowest BCUT2D eigenvalue weighted by Crippen LogP contribution is -2.00. The third-order valence-electron chi connectivity index (χ3n) is 1.76.